The number of nitrogens with zero attached hydrogens (tertiary/aromatic N) is 2. The van der Waals surface area contributed by atoms with E-state index in [0.717, 1.165) is 24.8 Å². The van der Waals surface area contributed by atoms with E-state index in [1.54, 1.807) is 12.4 Å². The predicted octanol–water partition coefficient (Wildman–Crippen LogP) is 3.30. The van der Waals surface area contributed by atoms with E-state index < -0.39 is 0 Å². The van der Waals surface area contributed by atoms with Crippen molar-refractivity contribution in [2.75, 3.05) is 5.32 Å². The van der Waals surface area contributed by atoms with E-state index >= 15 is 0 Å². The number of nitrogens with one attached hydrogen (secondary N) is 1. The van der Waals surface area contributed by atoms with Crippen LogP contribution in [0.2, 0.25) is 0 Å². The summed E-state index contributed by atoms with van der Waals surface area (Å²) in [5, 5.41) is 2.85. The standard InChI is InChI=1S/C15H14BrN3O/c16-13-8-18-14(9-17-13)19-15(20)12-7-3-5-10-4-1-2-6-11(10)12/h1-2,4,6,8-9,12H,3,5,7H2,(H,18,19,20). The number of carbonyl (C=O) groups excluding carboxylic acids is 1. The summed E-state index contributed by atoms with van der Waals surface area (Å²) in [6, 6.07) is 8.17. The lowest BCUT2D eigenvalue weighted by atomic mass is 9.82. The maximum absolute atomic E-state index is 12.4. The van der Waals surface area contributed by atoms with Gasteiger partial charge in [0.2, 0.25) is 5.91 Å². The highest BCUT2D eigenvalue weighted by Crippen LogP contribution is 2.32. The number of fused-ring (bicyclic) bond motifs is 1. The molecule has 1 unspecified atom stereocenters. The van der Waals surface area contributed by atoms with Gasteiger partial charge in [-0.05, 0) is 46.3 Å². The molecule has 0 spiro atoms. The van der Waals surface area contributed by atoms with Gasteiger partial charge in [0.15, 0.2) is 5.82 Å². The van der Waals surface area contributed by atoms with Crippen LogP contribution in [0.3, 0.4) is 0 Å². The van der Waals surface area contributed by atoms with Gasteiger partial charge < -0.3 is 5.32 Å². The smallest absolute Gasteiger partial charge is 0.233 e. The van der Waals surface area contributed by atoms with Gasteiger partial charge in [-0.25, -0.2) is 9.97 Å². The molecular formula is C15H14BrN3O. The summed E-state index contributed by atoms with van der Waals surface area (Å²) >= 11 is 3.22. The fourth-order valence-electron chi connectivity index (χ4n) is 2.62. The third-order valence-corrected chi connectivity index (χ3v) is 3.97. The van der Waals surface area contributed by atoms with Crippen LogP contribution in [0.25, 0.3) is 0 Å². The summed E-state index contributed by atoms with van der Waals surface area (Å²) in [6.07, 6.45) is 6.10. The van der Waals surface area contributed by atoms with Crippen molar-refractivity contribution in [3.63, 3.8) is 0 Å². The summed E-state index contributed by atoms with van der Waals surface area (Å²) in [4.78, 5) is 20.6. The van der Waals surface area contributed by atoms with E-state index in [2.05, 4.69) is 37.3 Å². The Morgan fingerprint density at radius 2 is 2.10 bits per heavy atom. The van der Waals surface area contributed by atoms with E-state index in [0.29, 0.717) is 10.4 Å². The van der Waals surface area contributed by atoms with Gasteiger partial charge in [-0.1, -0.05) is 24.3 Å². The number of aryl methyl sites for hydroxylation is 1. The summed E-state index contributed by atoms with van der Waals surface area (Å²) < 4.78 is 0.651. The molecule has 0 aliphatic heterocycles. The van der Waals surface area contributed by atoms with Gasteiger partial charge in [0.1, 0.15) is 4.60 Å². The van der Waals surface area contributed by atoms with Gasteiger partial charge in [0, 0.05) is 0 Å². The zero-order chi connectivity index (χ0) is 13.9. The van der Waals surface area contributed by atoms with E-state index in [4.69, 9.17) is 0 Å². The molecule has 0 fully saturated rings. The van der Waals surface area contributed by atoms with Gasteiger partial charge in [-0.2, -0.15) is 0 Å². The molecule has 1 atom stereocenters. The normalized spacial score (nSPS) is 17.4. The second-order valence-electron chi connectivity index (χ2n) is 4.86. The van der Waals surface area contributed by atoms with E-state index in [-0.39, 0.29) is 11.8 Å². The maximum Gasteiger partial charge on any atom is 0.233 e. The molecule has 20 heavy (non-hydrogen) atoms. The first-order valence-electron chi connectivity index (χ1n) is 6.60. The highest BCUT2D eigenvalue weighted by molar-refractivity contribution is 9.10. The number of hydrogen-bond donors (Lipinski definition) is 1. The molecule has 0 saturated carbocycles. The zero-order valence-electron chi connectivity index (χ0n) is 10.8. The number of carbonyl (C=O) groups is 1. The second kappa shape index (κ2) is 5.71. The third-order valence-electron chi connectivity index (χ3n) is 3.56. The zero-order valence-corrected chi connectivity index (χ0v) is 12.4. The van der Waals surface area contributed by atoms with Crippen molar-refractivity contribution in [3.05, 3.63) is 52.4 Å². The Hall–Kier alpha value is -1.75. The van der Waals surface area contributed by atoms with Crippen LogP contribution in [-0.2, 0) is 11.2 Å². The average molecular weight is 332 g/mol. The van der Waals surface area contributed by atoms with Crippen molar-refractivity contribution in [3.8, 4) is 0 Å². The lowest BCUT2D eigenvalue weighted by Crippen LogP contribution is -2.25. The third kappa shape index (κ3) is 2.72. The predicted molar refractivity (Wildman–Crippen MR) is 80.5 cm³/mol. The largest absolute Gasteiger partial charge is 0.309 e. The van der Waals surface area contributed by atoms with Crippen LogP contribution in [0.1, 0.15) is 29.9 Å². The molecule has 2 aromatic rings. The van der Waals surface area contributed by atoms with Crippen molar-refractivity contribution in [2.45, 2.75) is 25.2 Å². The average Bonchev–Trinajstić information content (AvgIpc) is 2.49. The van der Waals surface area contributed by atoms with Gasteiger partial charge in [0.25, 0.3) is 0 Å². The molecular weight excluding hydrogens is 318 g/mol. The number of hydrogen-bond acceptors (Lipinski definition) is 3. The van der Waals surface area contributed by atoms with Crippen LogP contribution < -0.4 is 5.32 Å². The quantitative estimate of drug-likeness (QED) is 0.918. The van der Waals surface area contributed by atoms with Crippen molar-refractivity contribution >= 4 is 27.7 Å². The van der Waals surface area contributed by atoms with Crippen molar-refractivity contribution in [1.29, 1.82) is 0 Å². The summed E-state index contributed by atoms with van der Waals surface area (Å²) in [6.45, 7) is 0. The Morgan fingerprint density at radius 3 is 2.90 bits per heavy atom. The lowest BCUT2D eigenvalue weighted by Gasteiger charge is -2.24. The van der Waals surface area contributed by atoms with Crippen molar-refractivity contribution < 1.29 is 4.79 Å². The molecule has 1 amide bonds. The Morgan fingerprint density at radius 1 is 1.25 bits per heavy atom. The van der Waals surface area contributed by atoms with Crippen LogP contribution in [0.4, 0.5) is 5.82 Å². The highest BCUT2D eigenvalue weighted by Gasteiger charge is 2.26. The number of anilines is 1. The van der Waals surface area contributed by atoms with E-state index in [9.17, 15) is 4.79 Å². The fraction of sp³-hybridized carbons (Fsp3) is 0.267. The molecule has 1 heterocycles. The molecule has 4 nitrogen and oxygen atoms in total. The highest BCUT2D eigenvalue weighted by atomic mass is 79.9. The Balaban J connectivity index is 1.80. The summed E-state index contributed by atoms with van der Waals surface area (Å²) in [5.41, 5.74) is 2.42. The molecule has 5 heteroatoms. The van der Waals surface area contributed by atoms with Gasteiger partial charge in [0.05, 0.1) is 18.3 Å². The SMILES string of the molecule is O=C(Nc1cnc(Br)cn1)C1CCCc2ccccc21. The van der Waals surface area contributed by atoms with Crippen LogP contribution in [0.5, 0.6) is 0 Å². The molecule has 1 aliphatic rings. The first-order valence-corrected chi connectivity index (χ1v) is 7.39. The summed E-state index contributed by atoms with van der Waals surface area (Å²) in [5.74, 6) is 0.389. The number of benzene rings is 1. The molecule has 0 radical (unpaired) electrons. The minimum absolute atomic E-state index is 0.00577. The Kier molecular flexibility index (Phi) is 3.78. The molecule has 3 rings (SSSR count). The monoisotopic (exact) mass is 331 g/mol. The second-order valence-corrected chi connectivity index (χ2v) is 5.67. The van der Waals surface area contributed by atoms with Crippen molar-refractivity contribution in [1.82, 2.24) is 9.97 Å². The van der Waals surface area contributed by atoms with E-state index in [1.165, 1.54) is 5.56 Å². The molecule has 1 aromatic carbocycles. The molecule has 1 N–H and O–H groups in total. The van der Waals surface area contributed by atoms with Crippen molar-refractivity contribution in [2.24, 2.45) is 0 Å². The number of halogens is 1. The molecule has 0 bridgehead atoms. The van der Waals surface area contributed by atoms with Gasteiger partial charge in [-0.15, -0.1) is 0 Å². The molecule has 0 saturated heterocycles. The van der Waals surface area contributed by atoms with Crippen LogP contribution >= 0.6 is 15.9 Å². The Labute approximate surface area is 125 Å². The van der Waals surface area contributed by atoms with Gasteiger partial charge >= 0.3 is 0 Å². The molecule has 102 valence electrons. The minimum Gasteiger partial charge on any atom is -0.309 e. The summed E-state index contributed by atoms with van der Waals surface area (Å²) in [7, 11) is 0. The van der Waals surface area contributed by atoms with Crippen LogP contribution in [0, 0.1) is 0 Å². The first-order chi connectivity index (χ1) is 9.74. The molecule has 1 aromatic heterocycles. The van der Waals surface area contributed by atoms with Gasteiger partial charge in [-0.3, -0.25) is 4.79 Å². The lowest BCUT2D eigenvalue weighted by molar-refractivity contribution is -0.117. The topological polar surface area (TPSA) is 54.9 Å². The minimum atomic E-state index is -0.0922. The first kappa shape index (κ1) is 13.2. The fourth-order valence-corrected chi connectivity index (χ4v) is 2.82. The van der Waals surface area contributed by atoms with Crippen LogP contribution in [-0.4, -0.2) is 15.9 Å². The van der Waals surface area contributed by atoms with Crippen LogP contribution in [0.15, 0.2) is 41.3 Å². The maximum atomic E-state index is 12.4. The van der Waals surface area contributed by atoms with E-state index in [1.807, 2.05) is 18.2 Å². The number of rotatable bonds is 2. The Bertz CT molecular complexity index is 627. The number of aromatic nitrogens is 2. The number of amides is 1. The molecule has 1 aliphatic carbocycles.